The number of benzene rings is 1. The largest absolute Gasteiger partial charge is 0.534 e. The van der Waals surface area contributed by atoms with Gasteiger partial charge in [-0.15, -0.1) is 0 Å². The third-order valence-electron chi connectivity index (χ3n) is 4.55. The molecule has 0 aliphatic carbocycles. The summed E-state index contributed by atoms with van der Waals surface area (Å²) >= 11 is 0. The van der Waals surface area contributed by atoms with E-state index < -0.39 is 45.1 Å². The number of ether oxygens (including phenoxy) is 3. The maximum atomic E-state index is 13.1. The van der Waals surface area contributed by atoms with Crippen molar-refractivity contribution in [1.82, 2.24) is 9.55 Å². The fourth-order valence-electron chi connectivity index (χ4n) is 3.33. The van der Waals surface area contributed by atoms with Gasteiger partial charge in [0.15, 0.2) is 17.2 Å². The van der Waals surface area contributed by atoms with Crippen LogP contribution in [0.4, 0.5) is 18.0 Å². The lowest BCUT2D eigenvalue weighted by Crippen LogP contribution is -2.28. The van der Waals surface area contributed by atoms with Crippen LogP contribution in [-0.2, 0) is 19.6 Å². The summed E-state index contributed by atoms with van der Waals surface area (Å²) in [6.45, 7) is 7.97. The Morgan fingerprint density at radius 1 is 1.06 bits per heavy atom. The Balaban J connectivity index is 2.46. The summed E-state index contributed by atoms with van der Waals surface area (Å²) in [5, 5.41) is -0.374. The molecule has 3 aromatic rings. The van der Waals surface area contributed by atoms with Crippen LogP contribution in [0.2, 0.25) is 0 Å². The molecule has 0 bridgehead atoms. The molecule has 0 atom stereocenters. The lowest BCUT2D eigenvalue weighted by Gasteiger charge is -2.20. The first-order valence-electron chi connectivity index (χ1n) is 10.4. The third kappa shape index (κ3) is 5.03. The van der Waals surface area contributed by atoms with Crippen molar-refractivity contribution in [2.45, 2.75) is 51.8 Å². The number of fused-ring (bicyclic) bond motifs is 3. The first-order valence-corrected chi connectivity index (χ1v) is 11.8. The highest BCUT2D eigenvalue weighted by molar-refractivity contribution is 7.88. The maximum absolute atomic E-state index is 13.1. The van der Waals surface area contributed by atoms with E-state index in [0.29, 0.717) is 0 Å². The normalized spacial score (nSPS) is 12.7. The highest BCUT2D eigenvalue weighted by Crippen LogP contribution is 2.43. The minimum Gasteiger partial charge on any atom is -0.493 e. The number of aromatic nitrogens is 2. The molecule has 0 aliphatic heterocycles. The number of rotatable bonds is 5. The van der Waals surface area contributed by atoms with E-state index in [2.05, 4.69) is 9.17 Å². The van der Waals surface area contributed by atoms with Crippen LogP contribution < -0.4 is 8.92 Å². The molecule has 0 radical (unpaired) electrons. The van der Waals surface area contributed by atoms with Gasteiger partial charge in [0, 0.05) is 0 Å². The number of alkyl halides is 3. The van der Waals surface area contributed by atoms with Crippen molar-refractivity contribution in [3.05, 3.63) is 30.1 Å². The average molecular weight is 532 g/mol. The summed E-state index contributed by atoms with van der Waals surface area (Å²) in [5.74, 6) is -1.95. The van der Waals surface area contributed by atoms with Gasteiger partial charge < -0.3 is 18.4 Å². The molecule has 0 amide bonds. The predicted octanol–water partition coefficient (Wildman–Crippen LogP) is 4.77. The predicted molar refractivity (Wildman–Crippen MR) is 122 cm³/mol. The van der Waals surface area contributed by atoms with Crippen LogP contribution in [0.25, 0.3) is 21.8 Å². The zero-order valence-corrected chi connectivity index (χ0v) is 20.9. The van der Waals surface area contributed by atoms with Gasteiger partial charge in [-0.1, -0.05) is 6.07 Å². The number of methoxy groups -OCH3 is 1. The molecule has 10 nitrogen and oxygen atoms in total. The van der Waals surface area contributed by atoms with Gasteiger partial charge in [0.2, 0.25) is 0 Å². The Hall–Kier alpha value is -3.55. The van der Waals surface area contributed by atoms with Crippen molar-refractivity contribution < 1.29 is 49.6 Å². The van der Waals surface area contributed by atoms with Gasteiger partial charge in [0.25, 0.3) is 0 Å². The molecule has 0 spiro atoms. The quantitative estimate of drug-likeness (QED) is 0.260. The van der Waals surface area contributed by atoms with Crippen LogP contribution >= 0.6 is 0 Å². The second-order valence-electron chi connectivity index (χ2n) is 8.80. The van der Waals surface area contributed by atoms with Gasteiger partial charge in [-0.05, 0) is 46.8 Å². The van der Waals surface area contributed by atoms with E-state index in [1.807, 2.05) is 0 Å². The van der Waals surface area contributed by atoms with E-state index in [0.717, 1.165) is 23.9 Å². The zero-order chi connectivity index (χ0) is 27.2. The lowest BCUT2D eigenvalue weighted by atomic mass is 10.1. The van der Waals surface area contributed by atoms with Crippen molar-refractivity contribution in [3.63, 3.8) is 0 Å². The fraction of sp³-hybridized carbons (Fsp3) is 0.409. The molecule has 0 aliphatic rings. The molecule has 1 aromatic carbocycles. The van der Waals surface area contributed by atoms with E-state index >= 15 is 0 Å². The number of esters is 1. The molecule has 2 heterocycles. The summed E-state index contributed by atoms with van der Waals surface area (Å²) in [6.07, 6.45) is -0.390. The molecule has 2 aromatic heterocycles. The van der Waals surface area contributed by atoms with E-state index in [9.17, 15) is 31.2 Å². The highest BCUT2D eigenvalue weighted by atomic mass is 32.2. The Morgan fingerprint density at radius 2 is 1.69 bits per heavy atom. The number of hydrogen-bond donors (Lipinski definition) is 0. The number of pyridine rings is 1. The summed E-state index contributed by atoms with van der Waals surface area (Å²) in [4.78, 5) is 29.8. The first-order chi connectivity index (χ1) is 16.5. The smallest absolute Gasteiger partial charge is 0.493 e. The second-order valence-corrected chi connectivity index (χ2v) is 10.3. The monoisotopic (exact) mass is 532 g/mol. The Kier molecular flexibility index (Phi) is 6.87. The van der Waals surface area contributed by atoms with Crippen molar-refractivity contribution in [2.75, 3.05) is 7.11 Å². The summed E-state index contributed by atoms with van der Waals surface area (Å²) in [6, 6.07) is 3.49. The van der Waals surface area contributed by atoms with Crippen LogP contribution in [0.3, 0.4) is 0 Å². The molecular formula is C22H23F3N2O8S. The topological polar surface area (TPSA) is 123 Å². The Labute approximate surface area is 204 Å². The third-order valence-corrected chi connectivity index (χ3v) is 5.52. The molecule has 14 heteroatoms. The summed E-state index contributed by atoms with van der Waals surface area (Å²) < 4.78 is 84.3. The van der Waals surface area contributed by atoms with Gasteiger partial charge in [-0.25, -0.2) is 19.1 Å². The zero-order valence-electron chi connectivity index (χ0n) is 20.1. The number of halogens is 3. The highest BCUT2D eigenvalue weighted by Gasteiger charge is 2.49. The number of carbonyl (C=O) groups is 2. The Morgan fingerprint density at radius 3 is 2.22 bits per heavy atom. The van der Waals surface area contributed by atoms with E-state index in [4.69, 9.17) is 14.2 Å². The number of nitrogens with zero attached hydrogens (tertiary/aromatic N) is 2. The SMILES string of the molecule is COc1c(C(=O)OC(C)C)ncc2c1c1c(OS(=O)(=O)C(F)(F)F)cccc1n2C(=O)OC(C)(C)C. The molecule has 0 N–H and O–H groups in total. The molecule has 196 valence electrons. The summed E-state index contributed by atoms with van der Waals surface area (Å²) in [7, 11) is -4.92. The molecule has 0 saturated heterocycles. The molecule has 0 unspecified atom stereocenters. The average Bonchev–Trinajstić information content (AvgIpc) is 3.05. The van der Waals surface area contributed by atoms with Crippen molar-refractivity contribution >= 4 is 44.0 Å². The van der Waals surface area contributed by atoms with Crippen molar-refractivity contribution in [1.29, 1.82) is 0 Å². The van der Waals surface area contributed by atoms with Crippen LogP contribution in [0.5, 0.6) is 11.5 Å². The van der Waals surface area contributed by atoms with E-state index in [1.54, 1.807) is 34.6 Å². The van der Waals surface area contributed by atoms with Gasteiger partial charge >= 0.3 is 27.7 Å². The van der Waals surface area contributed by atoms with Crippen molar-refractivity contribution in [3.8, 4) is 11.5 Å². The van der Waals surface area contributed by atoms with Crippen LogP contribution in [0.1, 0.15) is 45.1 Å². The van der Waals surface area contributed by atoms with Gasteiger partial charge in [-0.2, -0.15) is 21.6 Å². The molecule has 0 fully saturated rings. The van der Waals surface area contributed by atoms with Crippen LogP contribution in [0, 0.1) is 0 Å². The van der Waals surface area contributed by atoms with E-state index in [1.165, 1.54) is 12.1 Å². The molecule has 0 saturated carbocycles. The number of hydrogen-bond acceptors (Lipinski definition) is 9. The van der Waals surface area contributed by atoms with Crippen LogP contribution in [-0.4, -0.2) is 54.4 Å². The molecule has 36 heavy (non-hydrogen) atoms. The minimum atomic E-state index is -6.09. The summed E-state index contributed by atoms with van der Waals surface area (Å²) in [5.41, 5.74) is -7.17. The van der Waals surface area contributed by atoms with Gasteiger partial charge in [0.05, 0.1) is 41.2 Å². The lowest BCUT2D eigenvalue weighted by molar-refractivity contribution is -0.0499. The first kappa shape index (κ1) is 27.0. The van der Waals surface area contributed by atoms with Gasteiger partial charge in [0.1, 0.15) is 5.60 Å². The number of carbonyl (C=O) groups excluding carboxylic acids is 2. The second kappa shape index (κ2) is 9.15. The Bertz CT molecular complexity index is 1450. The van der Waals surface area contributed by atoms with Crippen molar-refractivity contribution in [2.24, 2.45) is 0 Å². The minimum absolute atomic E-state index is 0.0438. The molecule has 3 rings (SSSR count). The van der Waals surface area contributed by atoms with Gasteiger partial charge in [-0.3, -0.25) is 0 Å². The molecular weight excluding hydrogens is 509 g/mol. The van der Waals surface area contributed by atoms with Crippen LogP contribution in [0.15, 0.2) is 24.4 Å². The van der Waals surface area contributed by atoms with E-state index in [-0.39, 0.29) is 33.2 Å². The standard InChI is InChI=1S/C22H23F3N2O8S/c1-11(2)33-19(28)17-18(32-6)16-13(10-26-17)27(20(29)34-21(3,4)5)12-8-7-9-14(15(12)16)35-36(30,31)22(23,24)25/h7-11H,1-6H3. The fourth-order valence-corrected chi connectivity index (χ4v) is 3.80. The maximum Gasteiger partial charge on any atom is 0.534 e.